The minimum Gasteiger partial charge on any atom is -0.319 e. The van der Waals surface area contributed by atoms with Crippen LogP contribution in [0.3, 0.4) is 0 Å². The fraction of sp³-hybridized carbons (Fsp3) is 0.357. The molecular weight excluding hydrogens is 299 g/mol. The van der Waals surface area contributed by atoms with Crippen LogP contribution in [-0.4, -0.2) is 15.3 Å². The van der Waals surface area contributed by atoms with Crippen molar-refractivity contribution in [1.82, 2.24) is 9.55 Å². The number of nitrogens with zero attached hydrogens (tertiary/aromatic N) is 2. The Bertz CT molecular complexity index is 485. The summed E-state index contributed by atoms with van der Waals surface area (Å²) in [5.74, 6) is 1.07. The molecule has 2 atom stereocenters. The van der Waals surface area contributed by atoms with Gasteiger partial charge in [-0.15, -0.1) is 0 Å². The Labute approximate surface area is 128 Å². The molecule has 5 heteroatoms. The van der Waals surface area contributed by atoms with Crippen LogP contribution >= 0.6 is 35.0 Å². The molecule has 2 nitrogen and oxygen atoms in total. The van der Waals surface area contributed by atoms with Crippen molar-refractivity contribution in [3.05, 3.63) is 53.6 Å². The van der Waals surface area contributed by atoms with Gasteiger partial charge in [0.1, 0.15) is 5.50 Å². The quantitative estimate of drug-likeness (QED) is 0.685. The van der Waals surface area contributed by atoms with Crippen LogP contribution in [0, 0.1) is 0 Å². The summed E-state index contributed by atoms with van der Waals surface area (Å²) in [6.45, 7) is 2.17. The first kappa shape index (κ1) is 14.8. The Morgan fingerprint density at radius 3 is 2.63 bits per heavy atom. The summed E-state index contributed by atoms with van der Waals surface area (Å²) in [5, 5.41) is 0.935. The number of rotatable bonds is 6. The van der Waals surface area contributed by atoms with E-state index < -0.39 is 0 Å². The van der Waals surface area contributed by atoms with E-state index in [1.165, 1.54) is 5.56 Å². The van der Waals surface area contributed by atoms with Crippen LogP contribution in [-0.2, 0) is 0 Å². The summed E-state index contributed by atoms with van der Waals surface area (Å²) < 4.78 is 1.93. The van der Waals surface area contributed by atoms with Gasteiger partial charge in [0.2, 0.25) is 0 Å². The molecule has 1 heterocycles. The number of halogens is 2. The van der Waals surface area contributed by atoms with Gasteiger partial charge in [-0.3, -0.25) is 0 Å². The standard InChI is InChI=1S/C14H16Cl2N2S/c1-2-9-19-13(11-3-5-12(15)6-4-11)14(16)18-8-7-17-10-18/h3-8,10,13-14H,2,9H2,1H3. The fourth-order valence-corrected chi connectivity index (χ4v) is 3.55. The number of imidazole rings is 1. The van der Waals surface area contributed by atoms with Crippen LogP contribution in [0.25, 0.3) is 0 Å². The maximum atomic E-state index is 6.59. The topological polar surface area (TPSA) is 17.8 Å². The van der Waals surface area contributed by atoms with Crippen molar-refractivity contribution in [2.45, 2.75) is 24.1 Å². The second-order valence-corrected chi connectivity index (χ2v) is 6.36. The van der Waals surface area contributed by atoms with Gasteiger partial charge in [-0.2, -0.15) is 11.8 Å². The number of benzene rings is 1. The van der Waals surface area contributed by atoms with Crippen LogP contribution in [0.5, 0.6) is 0 Å². The third kappa shape index (κ3) is 3.91. The van der Waals surface area contributed by atoms with Crippen molar-refractivity contribution in [1.29, 1.82) is 0 Å². The molecule has 0 aliphatic rings. The van der Waals surface area contributed by atoms with E-state index in [9.17, 15) is 0 Å². The molecule has 0 aliphatic carbocycles. The first-order valence-corrected chi connectivity index (χ1v) is 8.07. The lowest BCUT2D eigenvalue weighted by atomic mass is 10.1. The molecule has 2 unspecified atom stereocenters. The molecule has 0 aliphatic heterocycles. The molecule has 19 heavy (non-hydrogen) atoms. The van der Waals surface area contributed by atoms with Gasteiger partial charge < -0.3 is 4.57 Å². The maximum absolute atomic E-state index is 6.59. The average molecular weight is 315 g/mol. The van der Waals surface area contributed by atoms with Crippen molar-refractivity contribution < 1.29 is 0 Å². The maximum Gasteiger partial charge on any atom is 0.125 e. The van der Waals surface area contributed by atoms with Crippen LogP contribution in [0.15, 0.2) is 43.0 Å². The second-order valence-electron chi connectivity index (χ2n) is 4.23. The van der Waals surface area contributed by atoms with Crippen molar-refractivity contribution in [3.63, 3.8) is 0 Å². The summed E-state index contributed by atoms with van der Waals surface area (Å²) in [6, 6.07) is 7.91. The normalized spacial score (nSPS) is 14.3. The third-order valence-electron chi connectivity index (χ3n) is 2.76. The molecule has 0 radical (unpaired) electrons. The molecule has 102 valence electrons. The van der Waals surface area contributed by atoms with Gasteiger partial charge in [0, 0.05) is 17.4 Å². The fourth-order valence-electron chi connectivity index (χ4n) is 1.80. The molecule has 0 spiro atoms. The molecule has 0 amide bonds. The van der Waals surface area contributed by atoms with E-state index in [1.54, 1.807) is 12.5 Å². The summed E-state index contributed by atoms with van der Waals surface area (Å²) >= 11 is 14.4. The van der Waals surface area contributed by atoms with Crippen LogP contribution < -0.4 is 0 Å². The lowest BCUT2D eigenvalue weighted by Gasteiger charge is -2.23. The monoisotopic (exact) mass is 314 g/mol. The number of alkyl halides is 1. The van der Waals surface area contributed by atoms with Gasteiger partial charge in [0.25, 0.3) is 0 Å². The van der Waals surface area contributed by atoms with Crippen LogP contribution in [0.2, 0.25) is 5.02 Å². The Hall–Kier alpha value is -0.640. The van der Waals surface area contributed by atoms with Crippen molar-refractivity contribution in [2.24, 2.45) is 0 Å². The zero-order valence-corrected chi connectivity index (χ0v) is 13.0. The van der Waals surface area contributed by atoms with Gasteiger partial charge in [-0.25, -0.2) is 4.98 Å². The van der Waals surface area contributed by atoms with E-state index >= 15 is 0 Å². The van der Waals surface area contributed by atoms with Crippen LogP contribution in [0.4, 0.5) is 0 Å². The third-order valence-corrected chi connectivity index (χ3v) is 5.17. The largest absolute Gasteiger partial charge is 0.319 e. The SMILES string of the molecule is CCCSC(c1ccc(Cl)cc1)C(Cl)n1ccnc1. The minimum atomic E-state index is -0.153. The Kier molecular flexibility index (Phi) is 5.61. The number of thioether (sulfide) groups is 1. The lowest BCUT2D eigenvalue weighted by Crippen LogP contribution is -2.09. The molecular formula is C14H16Cl2N2S. The second kappa shape index (κ2) is 7.22. The summed E-state index contributed by atoms with van der Waals surface area (Å²) in [7, 11) is 0. The van der Waals surface area contributed by atoms with Gasteiger partial charge in [-0.1, -0.05) is 42.3 Å². The predicted octanol–water partition coefficient (Wildman–Crippen LogP) is 5.16. The van der Waals surface area contributed by atoms with E-state index in [-0.39, 0.29) is 10.8 Å². The van der Waals surface area contributed by atoms with Crippen molar-refractivity contribution in [2.75, 3.05) is 5.75 Å². The van der Waals surface area contributed by atoms with Gasteiger partial charge in [-0.05, 0) is 29.9 Å². The Morgan fingerprint density at radius 1 is 1.32 bits per heavy atom. The highest BCUT2D eigenvalue weighted by Crippen LogP contribution is 2.41. The van der Waals surface area contributed by atoms with E-state index in [4.69, 9.17) is 23.2 Å². The molecule has 2 aromatic rings. The van der Waals surface area contributed by atoms with Gasteiger partial charge in [0.05, 0.1) is 11.6 Å². The van der Waals surface area contributed by atoms with E-state index in [0.29, 0.717) is 0 Å². The Balaban J connectivity index is 2.22. The summed E-state index contributed by atoms with van der Waals surface area (Å²) in [4.78, 5) is 4.06. The Morgan fingerprint density at radius 2 is 2.05 bits per heavy atom. The van der Waals surface area contributed by atoms with Gasteiger partial charge >= 0.3 is 0 Å². The molecule has 1 aromatic carbocycles. The summed E-state index contributed by atoms with van der Waals surface area (Å²) in [5.41, 5.74) is 1.04. The predicted molar refractivity (Wildman–Crippen MR) is 84.1 cm³/mol. The molecule has 2 rings (SSSR count). The number of aromatic nitrogens is 2. The minimum absolute atomic E-state index is 0.153. The van der Waals surface area contributed by atoms with E-state index in [0.717, 1.165) is 17.2 Å². The molecule has 0 saturated heterocycles. The molecule has 0 N–H and O–H groups in total. The van der Waals surface area contributed by atoms with Gasteiger partial charge in [0.15, 0.2) is 0 Å². The lowest BCUT2D eigenvalue weighted by molar-refractivity contribution is 0.651. The highest BCUT2D eigenvalue weighted by Gasteiger charge is 2.22. The first-order chi connectivity index (χ1) is 9.22. The zero-order chi connectivity index (χ0) is 13.7. The van der Waals surface area contributed by atoms with Crippen molar-refractivity contribution >= 4 is 35.0 Å². The smallest absolute Gasteiger partial charge is 0.125 e. The zero-order valence-electron chi connectivity index (χ0n) is 10.7. The highest BCUT2D eigenvalue weighted by molar-refractivity contribution is 7.99. The van der Waals surface area contributed by atoms with E-state index in [1.807, 2.05) is 46.8 Å². The van der Waals surface area contributed by atoms with Crippen LogP contribution in [0.1, 0.15) is 29.7 Å². The summed E-state index contributed by atoms with van der Waals surface area (Å²) in [6.07, 6.45) is 6.53. The van der Waals surface area contributed by atoms with E-state index in [2.05, 4.69) is 11.9 Å². The number of hydrogen-bond donors (Lipinski definition) is 0. The number of hydrogen-bond acceptors (Lipinski definition) is 2. The first-order valence-electron chi connectivity index (χ1n) is 6.21. The molecule has 0 fully saturated rings. The highest BCUT2D eigenvalue weighted by atomic mass is 35.5. The molecule has 1 aromatic heterocycles. The van der Waals surface area contributed by atoms with Crippen molar-refractivity contribution in [3.8, 4) is 0 Å². The molecule has 0 bridgehead atoms. The average Bonchev–Trinajstić information content (AvgIpc) is 2.95. The molecule has 0 saturated carbocycles.